The molecule has 1 saturated heterocycles. The van der Waals surface area contributed by atoms with Crippen LogP contribution in [0.5, 0.6) is 0 Å². The number of esters is 1. The molecule has 1 fully saturated rings. The minimum atomic E-state index is -1.21. The molecule has 3 rings (SSSR count). The van der Waals surface area contributed by atoms with Gasteiger partial charge in [-0.25, -0.2) is 4.79 Å². The molecule has 156 valence electrons. The Kier molecular flexibility index (Phi) is 8.09. The van der Waals surface area contributed by atoms with Crippen molar-refractivity contribution in [1.82, 2.24) is 0 Å². The Hall–Kier alpha value is -1.90. The first-order chi connectivity index (χ1) is 14.1. The van der Waals surface area contributed by atoms with E-state index in [1.54, 1.807) is 30.3 Å². The maximum absolute atomic E-state index is 12.5. The van der Waals surface area contributed by atoms with Crippen LogP contribution in [0.15, 0.2) is 60.7 Å². The first-order valence-electron chi connectivity index (χ1n) is 9.61. The minimum Gasteiger partial charge on any atom is -0.453 e. The molecule has 0 spiro atoms. The van der Waals surface area contributed by atoms with E-state index in [0.29, 0.717) is 17.9 Å². The molecular formula is C22H26O6S. The predicted octanol–water partition coefficient (Wildman–Crippen LogP) is 2.63. The fourth-order valence-corrected chi connectivity index (χ4v) is 4.02. The second-order valence-corrected chi connectivity index (χ2v) is 8.09. The van der Waals surface area contributed by atoms with E-state index < -0.39 is 35.8 Å². The van der Waals surface area contributed by atoms with Crippen LogP contribution in [0.1, 0.15) is 22.8 Å². The van der Waals surface area contributed by atoms with Gasteiger partial charge in [0.2, 0.25) is 0 Å². The Balaban J connectivity index is 1.66. The highest BCUT2D eigenvalue weighted by Crippen LogP contribution is 2.31. The predicted molar refractivity (Wildman–Crippen MR) is 111 cm³/mol. The molecule has 1 aliphatic heterocycles. The van der Waals surface area contributed by atoms with Gasteiger partial charge < -0.3 is 24.4 Å². The zero-order chi connectivity index (χ0) is 20.6. The molecule has 0 unspecified atom stereocenters. The molecule has 0 bridgehead atoms. The standard InChI is InChI=1S/C22H26O6S/c1-2-29-22-19(24)20(28-21(25)16-11-7-4-8-12-16)18(23)17(27-22)14-26-13-15-9-5-3-6-10-15/h3-12,17-20,22-24H,2,13-14H2,1H3/t17-,18+,19-,20+,22+/m1/s1. The molecule has 2 aromatic carbocycles. The molecule has 0 aromatic heterocycles. The molecule has 1 heterocycles. The molecule has 2 aromatic rings. The third-order valence-corrected chi connectivity index (χ3v) is 5.67. The van der Waals surface area contributed by atoms with Gasteiger partial charge in [0.15, 0.2) is 6.10 Å². The summed E-state index contributed by atoms with van der Waals surface area (Å²) in [5, 5.41) is 21.4. The molecule has 29 heavy (non-hydrogen) atoms. The molecule has 0 amide bonds. The lowest BCUT2D eigenvalue weighted by atomic mass is 10.00. The smallest absolute Gasteiger partial charge is 0.338 e. The summed E-state index contributed by atoms with van der Waals surface area (Å²) >= 11 is 1.39. The summed E-state index contributed by atoms with van der Waals surface area (Å²) in [5.74, 6) is 0.106. The van der Waals surface area contributed by atoms with Gasteiger partial charge in [-0.3, -0.25) is 0 Å². The van der Waals surface area contributed by atoms with Gasteiger partial charge in [0.25, 0.3) is 0 Å². The number of benzene rings is 2. The van der Waals surface area contributed by atoms with Crippen molar-refractivity contribution in [3.63, 3.8) is 0 Å². The van der Waals surface area contributed by atoms with Gasteiger partial charge in [-0.1, -0.05) is 55.5 Å². The number of thioether (sulfide) groups is 1. The highest BCUT2D eigenvalue weighted by atomic mass is 32.2. The molecule has 1 aliphatic rings. The van der Waals surface area contributed by atoms with Crippen LogP contribution in [0.4, 0.5) is 0 Å². The number of carbonyl (C=O) groups excluding carboxylic acids is 1. The largest absolute Gasteiger partial charge is 0.453 e. The molecule has 0 radical (unpaired) electrons. The van der Waals surface area contributed by atoms with E-state index in [1.165, 1.54) is 11.8 Å². The first-order valence-corrected chi connectivity index (χ1v) is 10.7. The number of aliphatic hydroxyl groups excluding tert-OH is 2. The van der Waals surface area contributed by atoms with Crippen molar-refractivity contribution in [1.29, 1.82) is 0 Å². The molecule has 0 saturated carbocycles. The van der Waals surface area contributed by atoms with Crippen molar-refractivity contribution in [3.8, 4) is 0 Å². The van der Waals surface area contributed by atoms with Crippen LogP contribution in [-0.4, -0.2) is 58.4 Å². The minimum absolute atomic E-state index is 0.114. The van der Waals surface area contributed by atoms with Gasteiger partial charge in [0.1, 0.15) is 23.7 Å². The van der Waals surface area contributed by atoms with Gasteiger partial charge in [-0.2, -0.15) is 0 Å². The van der Waals surface area contributed by atoms with Crippen LogP contribution < -0.4 is 0 Å². The summed E-state index contributed by atoms with van der Waals surface area (Å²) in [6.45, 7) is 2.43. The highest BCUT2D eigenvalue weighted by Gasteiger charge is 2.47. The first kappa shape index (κ1) is 21.8. The van der Waals surface area contributed by atoms with Gasteiger partial charge in [0, 0.05) is 0 Å². The maximum Gasteiger partial charge on any atom is 0.338 e. The summed E-state index contributed by atoms with van der Waals surface area (Å²) in [7, 11) is 0. The van der Waals surface area contributed by atoms with Crippen LogP contribution in [-0.2, 0) is 20.8 Å². The van der Waals surface area contributed by atoms with Crippen molar-refractivity contribution in [3.05, 3.63) is 71.8 Å². The molecule has 2 N–H and O–H groups in total. The Morgan fingerprint density at radius 1 is 1.03 bits per heavy atom. The van der Waals surface area contributed by atoms with E-state index in [1.807, 2.05) is 37.3 Å². The zero-order valence-corrected chi connectivity index (χ0v) is 17.0. The Labute approximate surface area is 174 Å². The van der Waals surface area contributed by atoms with Crippen LogP contribution in [0.3, 0.4) is 0 Å². The summed E-state index contributed by atoms with van der Waals surface area (Å²) in [4.78, 5) is 12.5. The average molecular weight is 419 g/mol. The second-order valence-electron chi connectivity index (χ2n) is 6.72. The van der Waals surface area contributed by atoms with E-state index in [4.69, 9.17) is 14.2 Å². The lowest BCUT2D eigenvalue weighted by Gasteiger charge is -2.41. The number of rotatable bonds is 8. The van der Waals surface area contributed by atoms with E-state index in [0.717, 1.165) is 5.56 Å². The summed E-state index contributed by atoms with van der Waals surface area (Å²) in [6.07, 6.45) is -4.18. The van der Waals surface area contributed by atoms with Crippen molar-refractivity contribution in [2.24, 2.45) is 0 Å². The number of carbonyl (C=O) groups is 1. The van der Waals surface area contributed by atoms with E-state index >= 15 is 0 Å². The zero-order valence-electron chi connectivity index (χ0n) is 16.2. The topological polar surface area (TPSA) is 85.2 Å². The molecule has 0 aliphatic carbocycles. The summed E-state index contributed by atoms with van der Waals surface area (Å²) in [5.41, 5.74) is 0.738. The van der Waals surface area contributed by atoms with E-state index in [9.17, 15) is 15.0 Å². The van der Waals surface area contributed by atoms with Gasteiger partial charge >= 0.3 is 5.97 Å². The summed E-state index contributed by atoms with van der Waals surface area (Å²) in [6, 6.07) is 18.2. The van der Waals surface area contributed by atoms with Crippen LogP contribution in [0.25, 0.3) is 0 Å². The maximum atomic E-state index is 12.5. The fourth-order valence-electron chi connectivity index (χ4n) is 3.11. The normalized spacial score (nSPS) is 26.8. The Bertz CT molecular complexity index is 756. The third kappa shape index (κ3) is 5.81. The van der Waals surface area contributed by atoms with Crippen LogP contribution in [0.2, 0.25) is 0 Å². The Morgan fingerprint density at radius 2 is 1.69 bits per heavy atom. The van der Waals surface area contributed by atoms with E-state index in [-0.39, 0.29) is 6.61 Å². The summed E-state index contributed by atoms with van der Waals surface area (Å²) < 4.78 is 17.1. The van der Waals surface area contributed by atoms with Crippen molar-refractivity contribution in [2.75, 3.05) is 12.4 Å². The van der Waals surface area contributed by atoms with E-state index in [2.05, 4.69) is 0 Å². The fraction of sp³-hybridized carbons (Fsp3) is 0.409. The number of aliphatic hydroxyl groups is 2. The number of ether oxygens (including phenoxy) is 3. The van der Waals surface area contributed by atoms with Gasteiger partial charge in [-0.15, -0.1) is 11.8 Å². The average Bonchev–Trinajstić information content (AvgIpc) is 2.75. The second kappa shape index (κ2) is 10.8. The number of hydrogen-bond donors (Lipinski definition) is 2. The highest BCUT2D eigenvalue weighted by molar-refractivity contribution is 7.99. The molecule has 5 atom stereocenters. The lowest BCUT2D eigenvalue weighted by Crippen LogP contribution is -2.59. The van der Waals surface area contributed by atoms with Crippen LogP contribution in [0, 0.1) is 0 Å². The lowest BCUT2D eigenvalue weighted by molar-refractivity contribution is -0.210. The SMILES string of the molecule is CCS[C@@H]1O[C@H](COCc2ccccc2)[C@H](O)[C@H](OC(=O)c2ccccc2)[C@H]1O. The number of hydrogen-bond acceptors (Lipinski definition) is 7. The Morgan fingerprint density at radius 3 is 2.34 bits per heavy atom. The van der Waals surface area contributed by atoms with Gasteiger partial charge in [0.05, 0.1) is 18.8 Å². The van der Waals surface area contributed by atoms with Gasteiger partial charge in [-0.05, 0) is 23.4 Å². The van der Waals surface area contributed by atoms with Crippen molar-refractivity contribution in [2.45, 2.75) is 43.4 Å². The molecular weight excluding hydrogens is 392 g/mol. The quantitative estimate of drug-likeness (QED) is 0.638. The molecule has 7 heteroatoms. The molecule has 6 nitrogen and oxygen atoms in total. The monoisotopic (exact) mass is 418 g/mol. The van der Waals surface area contributed by atoms with Crippen LogP contribution >= 0.6 is 11.8 Å². The van der Waals surface area contributed by atoms with Crippen molar-refractivity contribution >= 4 is 17.7 Å². The van der Waals surface area contributed by atoms with Crippen molar-refractivity contribution < 1.29 is 29.2 Å². The third-order valence-electron chi connectivity index (χ3n) is 4.62.